The Morgan fingerprint density at radius 2 is 1.78 bits per heavy atom. The second kappa shape index (κ2) is 6.71. The lowest BCUT2D eigenvalue weighted by atomic mass is 10.4. The molecule has 0 fully saturated rings. The second-order valence-corrected chi connectivity index (χ2v) is 1.40. The maximum absolute atomic E-state index is 8.03. The van der Waals surface area contributed by atoms with E-state index in [1.54, 1.807) is 6.08 Å². The zero-order valence-electron chi connectivity index (χ0n) is 5.41. The van der Waals surface area contributed by atoms with Gasteiger partial charge in [-0.1, -0.05) is 30.4 Å². The summed E-state index contributed by atoms with van der Waals surface area (Å²) in [5, 5.41) is 8.03. The molecule has 0 saturated heterocycles. The molecule has 0 aliphatic rings. The molecular formula is C8H9N. The fraction of sp³-hybridized carbons (Fsp3) is 0.125. The second-order valence-electron chi connectivity index (χ2n) is 1.40. The summed E-state index contributed by atoms with van der Waals surface area (Å²) in [6, 6.07) is 1.89. The third-order valence-electron chi connectivity index (χ3n) is 0.697. The van der Waals surface area contributed by atoms with Crippen molar-refractivity contribution in [3.8, 4) is 6.07 Å². The molecular weight excluding hydrogens is 110 g/mol. The Balaban J connectivity index is 3.50. The highest BCUT2D eigenvalue weighted by Gasteiger charge is 1.58. The van der Waals surface area contributed by atoms with Crippen LogP contribution < -0.4 is 0 Å². The first-order valence-electron chi connectivity index (χ1n) is 2.76. The molecule has 46 valence electrons. The minimum Gasteiger partial charge on any atom is -0.193 e. The van der Waals surface area contributed by atoms with Gasteiger partial charge in [-0.15, -0.1) is 0 Å². The molecule has 0 atom stereocenters. The smallest absolute Gasteiger partial charge is 0.0912 e. The van der Waals surface area contributed by atoms with Gasteiger partial charge in [0.2, 0.25) is 0 Å². The quantitative estimate of drug-likeness (QED) is 0.404. The van der Waals surface area contributed by atoms with Gasteiger partial charge < -0.3 is 0 Å². The Bertz CT molecular complexity index is 167. The van der Waals surface area contributed by atoms with Crippen molar-refractivity contribution in [3.63, 3.8) is 0 Å². The molecule has 9 heavy (non-hydrogen) atoms. The SMILES string of the molecule is C\C=C/C=C\C=C/C#N. The fourth-order valence-corrected chi connectivity index (χ4v) is 0.338. The number of nitriles is 1. The van der Waals surface area contributed by atoms with Crippen LogP contribution >= 0.6 is 0 Å². The summed E-state index contributed by atoms with van der Waals surface area (Å²) < 4.78 is 0. The highest BCUT2D eigenvalue weighted by molar-refractivity contribution is 5.15. The molecule has 0 unspecified atom stereocenters. The van der Waals surface area contributed by atoms with E-state index in [1.807, 2.05) is 37.3 Å². The number of rotatable bonds is 2. The molecule has 0 aliphatic carbocycles. The first kappa shape index (κ1) is 7.71. The van der Waals surface area contributed by atoms with Gasteiger partial charge in [-0.25, -0.2) is 0 Å². The van der Waals surface area contributed by atoms with Crippen LogP contribution in [0.3, 0.4) is 0 Å². The van der Waals surface area contributed by atoms with Gasteiger partial charge in [-0.3, -0.25) is 0 Å². The van der Waals surface area contributed by atoms with Gasteiger partial charge in [0.25, 0.3) is 0 Å². The van der Waals surface area contributed by atoms with E-state index in [4.69, 9.17) is 5.26 Å². The van der Waals surface area contributed by atoms with Gasteiger partial charge in [0, 0.05) is 6.08 Å². The average molecular weight is 119 g/mol. The van der Waals surface area contributed by atoms with E-state index in [0.29, 0.717) is 0 Å². The van der Waals surface area contributed by atoms with Gasteiger partial charge in [0.1, 0.15) is 0 Å². The predicted octanol–water partition coefficient (Wildman–Crippen LogP) is 2.20. The van der Waals surface area contributed by atoms with Crippen LogP contribution in [0.2, 0.25) is 0 Å². The topological polar surface area (TPSA) is 23.8 Å². The van der Waals surface area contributed by atoms with Crippen molar-refractivity contribution in [2.45, 2.75) is 6.92 Å². The number of hydrogen-bond donors (Lipinski definition) is 0. The molecule has 0 aromatic carbocycles. The van der Waals surface area contributed by atoms with Gasteiger partial charge in [0.15, 0.2) is 0 Å². The molecule has 0 heterocycles. The summed E-state index contributed by atoms with van der Waals surface area (Å²) in [6.07, 6.45) is 10.6. The Kier molecular flexibility index (Phi) is 5.75. The van der Waals surface area contributed by atoms with Gasteiger partial charge >= 0.3 is 0 Å². The third-order valence-corrected chi connectivity index (χ3v) is 0.697. The summed E-state index contributed by atoms with van der Waals surface area (Å²) >= 11 is 0. The monoisotopic (exact) mass is 119 g/mol. The van der Waals surface area contributed by atoms with E-state index in [-0.39, 0.29) is 0 Å². The molecule has 0 spiro atoms. The van der Waals surface area contributed by atoms with Crippen LogP contribution in [0.25, 0.3) is 0 Å². The fourth-order valence-electron chi connectivity index (χ4n) is 0.338. The highest BCUT2D eigenvalue weighted by atomic mass is 14.2. The Hall–Kier alpha value is -1.29. The molecule has 0 rings (SSSR count). The van der Waals surface area contributed by atoms with Crippen molar-refractivity contribution in [1.82, 2.24) is 0 Å². The zero-order chi connectivity index (χ0) is 6.95. The highest BCUT2D eigenvalue weighted by Crippen LogP contribution is 1.77. The van der Waals surface area contributed by atoms with Crippen molar-refractivity contribution in [3.05, 3.63) is 36.5 Å². The van der Waals surface area contributed by atoms with Crippen LogP contribution in [0.1, 0.15) is 6.92 Å². The van der Waals surface area contributed by atoms with Gasteiger partial charge in [0.05, 0.1) is 6.07 Å². The van der Waals surface area contributed by atoms with Crippen LogP contribution in [0.4, 0.5) is 0 Å². The first-order chi connectivity index (χ1) is 4.41. The maximum atomic E-state index is 8.03. The van der Waals surface area contributed by atoms with Gasteiger partial charge in [-0.2, -0.15) is 5.26 Å². The van der Waals surface area contributed by atoms with E-state index in [9.17, 15) is 0 Å². The first-order valence-corrected chi connectivity index (χ1v) is 2.76. The van der Waals surface area contributed by atoms with Crippen molar-refractivity contribution in [1.29, 1.82) is 5.26 Å². The summed E-state index contributed by atoms with van der Waals surface area (Å²) in [4.78, 5) is 0. The Morgan fingerprint density at radius 3 is 2.33 bits per heavy atom. The van der Waals surface area contributed by atoms with E-state index in [2.05, 4.69) is 0 Å². The predicted molar refractivity (Wildman–Crippen MR) is 38.7 cm³/mol. The summed E-state index contributed by atoms with van der Waals surface area (Å²) in [6.45, 7) is 1.94. The van der Waals surface area contributed by atoms with Crippen molar-refractivity contribution >= 4 is 0 Å². The molecule has 0 radical (unpaired) electrons. The van der Waals surface area contributed by atoms with Crippen molar-refractivity contribution < 1.29 is 0 Å². The molecule has 0 N–H and O–H groups in total. The summed E-state index contributed by atoms with van der Waals surface area (Å²) in [5.74, 6) is 0. The molecule has 0 bridgehead atoms. The lowest BCUT2D eigenvalue weighted by Crippen LogP contribution is -1.48. The van der Waals surface area contributed by atoms with E-state index in [0.717, 1.165) is 0 Å². The molecule has 0 aliphatic heterocycles. The minimum atomic E-state index is 1.43. The standard InChI is InChI=1S/C8H9N/c1-2-3-4-5-6-7-8-9/h2-7H,1H3/b3-2-,5-4-,7-6-. The van der Waals surface area contributed by atoms with Crippen LogP contribution in [-0.4, -0.2) is 0 Å². The number of allylic oxidation sites excluding steroid dienone is 6. The average Bonchev–Trinajstić information content (AvgIpc) is 1.89. The zero-order valence-corrected chi connectivity index (χ0v) is 5.41. The number of nitrogens with zero attached hydrogens (tertiary/aromatic N) is 1. The maximum Gasteiger partial charge on any atom is 0.0912 e. The molecule has 0 amide bonds. The van der Waals surface area contributed by atoms with Crippen LogP contribution in [0.15, 0.2) is 36.5 Å². The molecule has 0 aromatic heterocycles. The van der Waals surface area contributed by atoms with Crippen LogP contribution in [0, 0.1) is 11.3 Å². The van der Waals surface area contributed by atoms with Crippen molar-refractivity contribution in [2.75, 3.05) is 0 Å². The Labute approximate surface area is 55.6 Å². The molecule has 1 heteroatoms. The minimum absolute atomic E-state index is 1.43. The Morgan fingerprint density at radius 1 is 1.11 bits per heavy atom. The summed E-state index contributed by atoms with van der Waals surface area (Å²) in [7, 11) is 0. The van der Waals surface area contributed by atoms with E-state index >= 15 is 0 Å². The molecule has 0 saturated carbocycles. The van der Waals surface area contributed by atoms with Crippen LogP contribution in [0.5, 0.6) is 0 Å². The number of hydrogen-bond acceptors (Lipinski definition) is 1. The van der Waals surface area contributed by atoms with Crippen LogP contribution in [-0.2, 0) is 0 Å². The third kappa shape index (κ3) is 6.71. The van der Waals surface area contributed by atoms with Gasteiger partial charge in [-0.05, 0) is 6.92 Å². The summed E-state index contributed by atoms with van der Waals surface area (Å²) in [5.41, 5.74) is 0. The van der Waals surface area contributed by atoms with E-state index in [1.165, 1.54) is 6.08 Å². The van der Waals surface area contributed by atoms with E-state index < -0.39 is 0 Å². The lowest BCUT2D eigenvalue weighted by Gasteiger charge is -1.67. The van der Waals surface area contributed by atoms with Crippen molar-refractivity contribution in [2.24, 2.45) is 0 Å². The normalized spacial score (nSPS) is 11.6. The molecule has 1 nitrogen and oxygen atoms in total. The molecule has 0 aromatic rings. The lowest BCUT2D eigenvalue weighted by molar-refractivity contribution is 1.53. The largest absolute Gasteiger partial charge is 0.193 e.